The lowest BCUT2D eigenvalue weighted by atomic mass is 9.55. The Bertz CT molecular complexity index is 539. The topological polar surface area (TPSA) is 9.23 Å². The van der Waals surface area contributed by atoms with E-state index in [4.69, 9.17) is 10.2 Å². The number of ether oxygens (including phenoxy) is 1. The molecule has 1 aliphatic heterocycles. The predicted molar refractivity (Wildman–Crippen MR) is 80.2 cm³/mol. The summed E-state index contributed by atoms with van der Waals surface area (Å²) in [4.78, 5) is 0. The number of rotatable bonds is 3. The van der Waals surface area contributed by atoms with E-state index in [0.717, 1.165) is 37.7 Å². The van der Waals surface area contributed by atoms with Gasteiger partial charge in [0.05, 0.1) is 11.2 Å². The Kier molecular flexibility index (Phi) is 2.20. The molecule has 108 valence electrons. The lowest BCUT2D eigenvalue weighted by Gasteiger charge is -2.52. The number of hydrogen-bond donors (Lipinski definition) is 0. The van der Waals surface area contributed by atoms with E-state index >= 15 is 0 Å². The van der Waals surface area contributed by atoms with Crippen molar-refractivity contribution >= 4 is 0 Å². The fourth-order valence-electron chi connectivity index (χ4n) is 4.15. The van der Waals surface area contributed by atoms with Crippen LogP contribution in [0.15, 0.2) is 11.6 Å². The number of fused-ring (bicyclic) bond motifs is 1. The molecule has 0 radical (unpaired) electrons. The second-order valence-electron chi connectivity index (χ2n) is 7.34. The monoisotopic (exact) mass is 266 g/mol. The van der Waals surface area contributed by atoms with Crippen molar-refractivity contribution < 1.29 is 10.2 Å². The first-order valence-electron chi connectivity index (χ1n) is 9.84. The molecule has 0 unspecified atom stereocenters. The smallest absolute Gasteiger partial charge is 0.0955 e. The molecule has 3 atom stereocenters. The Labute approximate surface area is 124 Å². The number of hydrogen-bond acceptors (Lipinski definition) is 1. The largest absolute Gasteiger partial charge is 0.364 e. The highest BCUT2D eigenvalue weighted by Gasteiger charge is 2.64. The molecule has 0 aromatic rings. The third kappa shape index (κ3) is 1.84. The minimum absolute atomic E-state index is 0.128. The average molecular weight is 266 g/mol. The standard InChI is InChI=1S/C18H30O/c1-5-6-8-14-9-7-11-17(4)12-10-15-13-18(14,17)19-16(15,2)3/h9,15H,5-8,10-13H2,1-4H3/t15-,17+,18+/m1/s1/i7D2,13D2. The molecule has 0 aromatic heterocycles. The lowest BCUT2D eigenvalue weighted by molar-refractivity contribution is -0.132. The summed E-state index contributed by atoms with van der Waals surface area (Å²) in [7, 11) is 0. The molecule has 1 saturated carbocycles. The minimum Gasteiger partial charge on any atom is -0.364 e. The highest BCUT2D eigenvalue weighted by Crippen LogP contribution is 2.65. The zero-order chi connectivity index (χ0) is 17.3. The van der Waals surface area contributed by atoms with E-state index in [2.05, 4.69) is 13.8 Å². The van der Waals surface area contributed by atoms with E-state index in [1.54, 1.807) is 6.08 Å². The summed E-state index contributed by atoms with van der Waals surface area (Å²) in [6.45, 7) is 8.19. The first-order valence-corrected chi connectivity index (χ1v) is 7.84. The van der Waals surface area contributed by atoms with Gasteiger partial charge in [-0.05, 0) is 70.2 Å². The van der Waals surface area contributed by atoms with Crippen LogP contribution in [0.3, 0.4) is 0 Å². The van der Waals surface area contributed by atoms with Crippen LogP contribution < -0.4 is 0 Å². The van der Waals surface area contributed by atoms with Crippen LogP contribution >= 0.6 is 0 Å². The van der Waals surface area contributed by atoms with Gasteiger partial charge in [0.15, 0.2) is 0 Å². The van der Waals surface area contributed by atoms with E-state index in [-0.39, 0.29) is 5.92 Å². The van der Waals surface area contributed by atoms with Gasteiger partial charge in [0.2, 0.25) is 0 Å². The second-order valence-corrected chi connectivity index (χ2v) is 7.34. The van der Waals surface area contributed by atoms with Crippen molar-refractivity contribution in [3.63, 3.8) is 0 Å². The van der Waals surface area contributed by atoms with E-state index < -0.39 is 29.4 Å². The molecular formula is C18H30O. The van der Waals surface area contributed by atoms with Crippen molar-refractivity contribution in [1.29, 1.82) is 0 Å². The fraction of sp³-hybridized carbons (Fsp3) is 0.889. The maximum absolute atomic E-state index is 8.97. The van der Waals surface area contributed by atoms with Crippen LogP contribution in [-0.4, -0.2) is 11.2 Å². The van der Waals surface area contributed by atoms with Crippen LogP contribution in [0.2, 0.25) is 0 Å². The summed E-state index contributed by atoms with van der Waals surface area (Å²) >= 11 is 0. The number of unbranched alkanes of at least 4 members (excludes halogenated alkanes) is 1. The molecule has 1 nitrogen and oxygen atoms in total. The summed E-state index contributed by atoms with van der Waals surface area (Å²) in [5, 5.41) is 0. The molecule has 1 heterocycles. The second kappa shape index (κ2) is 4.35. The van der Waals surface area contributed by atoms with Crippen molar-refractivity contribution in [1.82, 2.24) is 0 Å². The van der Waals surface area contributed by atoms with Crippen LogP contribution in [0.4, 0.5) is 0 Å². The van der Waals surface area contributed by atoms with Gasteiger partial charge >= 0.3 is 0 Å². The molecule has 19 heavy (non-hydrogen) atoms. The molecule has 1 saturated heterocycles. The Morgan fingerprint density at radius 3 is 2.89 bits per heavy atom. The molecule has 2 fully saturated rings. The van der Waals surface area contributed by atoms with Crippen molar-refractivity contribution in [2.45, 2.75) is 90.2 Å². The Morgan fingerprint density at radius 2 is 2.16 bits per heavy atom. The first-order chi connectivity index (χ1) is 10.4. The molecule has 0 amide bonds. The van der Waals surface area contributed by atoms with Gasteiger partial charge in [0, 0.05) is 10.9 Å². The highest BCUT2D eigenvalue weighted by molar-refractivity contribution is 5.31. The Morgan fingerprint density at radius 1 is 1.37 bits per heavy atom. The molecule has 0 N–H and O–H groups in total. The summed E-state index contributed by atoms with van der Waals surface area (Å²) in [5.74, 6) is -0.128. The quantitative estimate of drug-likeness (QED) is 0.634. The van der Waals surface area contributed by atoms with Gasteiger partial charge in [-0.15, -0.1) is 0 Å². The Hall–Kier alpha value is -0.300. The molecular weight excluding hydrogens is 232 g/mol. The maximum Gasteiger partial charge on any atom is 0.0955 e. The summed E-state index contributed by atoms with van der Waals surface area (Å²) in [6.07, 6.45) is 3.53. The van der Waals surface area contributed by atoms with Gasteiger partial charge in [-0.1, -0.05) is 26.3 Å². The molecule has 2 bridgehead atoms. The van der Waals surface area contributed by atoms with Crippen LogP contribution in [0.25, 0.3) is 0 Å². The summed E-state index contributed by atoms with van der Waals surface area (Å²) in [5.41, 5.74) is -1.08. The predicted octanol–water partition coefficient (Wildman–Crippen LogP) is 5.25. The van der Waals surface area contributed by atoms with E-state index in [1.165, 1.54) is 0 Å². The van der Waals surface area contributed by atoms with Crippen molar-refractivity contribution in [2.75, 3.05) is 0 Å². The van der Waals surface area contributed by atoms with Crippen molar-refractivity contribution in [2.24, 2.45) is 11.3 Å². The lowest BCUT2D eigenvalue weighted by Crippen LogP contribution is -2.51. The van der Waals surface area contributed by atoms with Gasteiger partial charge in [0.1, 0.15) is 0 Å². The fourth-order valence-corrected chi connectivity index (χ4v) is 4.15. The third-order valence-electron chi connectivity index (χ3n) is 5.49. The van der Waals surface area contributed by atoms with Gasteiger partial charge < -0.3 is 4.74 Å². The zero-order valence-electron chi connectivity index (χ0n) is 16.8. The molecule has 3 aliphatic rings. The molecule has 3 rings (SSSR count). The Balaban J connectivity index is 2.21. The van der Waals surface area contributed by atoms with E-state index in [0.29, 0.717) is 6.42 Å². The first kappa shape index (κ1) is 9.60. The third-order valence-corrected chi connectivity index (χ3v) is 5.49. The zero-order valence-corrected chi connectivity index (χ0v) is 12.8. The van der Waals surface area contributed by atoms with Gasteiger partial charge in [0.25, 0.3) is 0 Å². The van der Waals surface area contributed by atoms with Crippen LogP contribution in [0.1, 0.15) is 84.4 Å². The van der Waals surface area contributed by atoms with Crippen molar-refractivity contribution in [3.05, 3.63) is 11.6 Å². The highest BCUT2D eigenvalue weighted by atomic mass is 16.5. The molecule has 0 aromatic carbocycles. The minimum atomic E-state index is -1.44. The summed E-state index contributed by atoms with van der Waals surface area (Å²) < 4.78 is 41.2. The average Bonchev–Trinajstić information content (AvgIpc) is 2.46. The molecule has 2 aliphatic carbocycles. The number of allylic oxidation sites excluding steroid dienone is 1. The van der Waals surface area contributed by atoms with E-state index in [9.17, 15) is 0 Å². The van der Waals surface area contributed by atoms with Crippen LogP contribution in [-0.2, 0) is 4.74 Å². The summed E-state index contributed by atoms with van der Waals surface area (Å²) in [6, 6.07) is 0. The van der Waals surface area contributed by atoms with Crippen LogP contribution in [0.5, 0.6) is 0 Å². The molecule has 1 spiro atoms. The van der Waals surface area contributed by atoms with Crippen LogP contribution in [0, 0.1) is 11.3 Å². The van der Waals surface area contributed by atoms with E-state index in [1.807, 2.05) is 13.8 Å². The SMILES string of the molecule is [2H]C1([2H])C=C(CCCC)[C@]23OC(C)(C)[C@H](CC[C@]2(C)C1)C3([2H])[2H]. The van der Waals surface area contributed by atoms with Crippen molar-refractivity contribution in [3.8, 4) is 0 Å². The van der Waals surface area contributed by atoms with Gasteiger partial charge in [-0.3, -0.25) is 0 Å². The van der Waals surface area contributed by atoms with Gasteiger partial charge in [-0.2, -0.15) is 0 Å². The van der Waals surface area contributed by atoms with Gasteiger partial charge in [-0.25, -0.2) is 0 Å². The maximum atomic E-state index is 8.97. The normalized spacial score (nSPS) is 52.2. The molecule has 1 heteroatoms.